The lowest BCUT2D eigenvalue weighted by Crippen LogP contribution is -2.51. The van der Waals surface area contributed by atoms with Gasteiger partial charge in [-0.25, -0.2) is 0 Å². The Kier molecular flexibility index (Phi) is 3.87. The summed E-state index contributed by atoms with van der Waals surface area (Å²) in [6.45, 7) is 7.68. The Bertz CT molecular complexity index is 365. The van der Waals surface area contributed by atoms with Crippen molar-refractivity contribution in [1.29, 1.82) is 0 Å². The van der Waals surface area contributed by atoms with Gasteiger partial charge in [0.1, 0.15) is 0 Å². The van der Waals surface area contributed by atoms with E-state index in [1.165, 1.54) is 22.1 Å². The van der Waals surface area contributed by atoms with E-state index < -0.39 is 0 Å². The summed E-state index contributed by atoms with van der Waals surface area (Å²) in [5, 5.41) is 3.46. The fourth-order valence-corrected chi connectivity index (χ4v) is 2.76. The van der Waals surface area contributed by atoms with Crippen molar-refractivity contribution in [2.75, 3.05) is 24.5 Å². The van der Waals surface area contributed by atoms with E-state index in [9.17, 15) is 0 Å². The highest BCUT2D eigenvalue weighted by Crippen LogP contribution is 2.29. The number of rotatable bonds is 2. The van der Waals surface area contributed by atoms with E-state index in [1.54, 1.807) is 0 Å². The zero-order valence-electron chi connectivity index (χ0n) is 9.96. The van der Waals surface area contributed by atoms with Crippen LogP contribution in [-0.4, -0.2) is 25.7 Å². The van der Waals surface area contributed by atoms with Crippen LogP contribution in [0.4, 0.5) is 5.69 Å². The maximum Gasteiger partial charge on any atom is 0.0516 e. The summed E-state index contributed by atoms with van der Waals surface area (Å²) in [4.78, 5) is 2.52. The summed E-state index contributed by atoms with van der Waals surface area (Å²) in [6.07, 6.45) is 1.19. The standard InChI is InChI=1S/C13H19BrN2/c1-3-11-9-15-6-7-16(11)13-8-10(2)4-5-12(13)14/h4-5,8,11,15H,3,6-7,9H2,1-2H3. The van der Waals surface area contributed by atoms with Crippen LogP contribution in [0.3, 0.4) is 0 Å². The molecule has 88 valence electrons. The molecule has 1 aromatic rings. The predicted octanol–water partition coefficient (Wildman–Crippen LogP) is 2.95. The van der Waals surface area contributed by atoms with Crippen molar-refractivity contribution in [2.45, 2.75) is 26.3 Å². The van der Waals surface area contributed by atoms with Crippen molar-refractivity contribution in [3.8, 4) is 0 Å². The van der Waals surface area contributed by atoms with Crippen molar-refractivity contribution >= 4 is 21.6 Å². The van der Waals surface area contributed by atoms with Gasteiger partial charge in [-0.15, -0.1) is 0 Å². The molecule has 1 unspecified atom stereocenters. The summed E-state index contributed by atoms with van der Waals surface area (Å²) < 4.78 is 1.21. The topological polar surface area (TPSA) is 15.3 Å². The van der Waals surface area contributed by atoms with Crippen LogP contribution < -0.4 is 10.2 Å². The summed E-state index contributed by atoms with van der Waals surface area (Å²) in [5.41, 5.74) is 2.67. The van der Waals surface area contributed by atoms with Crippen LogP contribution in [0, 0.1) is 6.92 Å². The van der Waals surface area contributed by atoms with E-state index in [2.05, 4.69) is 58.2 Å². The highest BCUT2D eigenvalue weighted by molar-refractivity contribution is 9.10. The Morgan fingerprint density at radius 1 is 1.50 bits per heavy atom. The number of nitrogens with one attached hydrogen (secondary N) is 1. The third kappa shape index (κ3) is 2.41. The van der Waals surface area contributed by atoms with Gasteiger partial charge < -0.3 is 10.2 Å². The smallest absolute Gasteiger partial charge is 0.0516 e. The lowest BCUT2D eigenvalue weighted by molar-refractivity contribution is 0.466. The summed E-state index contributed by atoms with van der Waals surface area (Å²) in [5.74, 6) is 0. The Balaban J connectivity index is 2.30. The highest BCUT2D eigenvalue weighted by atomic mass is 79.9. The van der Waals surface area contributed by atoms with E-state index in [1.807, 2.05) is 0 Å². The average Bonchev–Trinajstić information content (AvgIpc) is 2.32. The molecular formula is C13H19BrN2. The van der Waals surface area contributed by atoms with Crippen LogP contribution >= 0.6 is 15.9 Å². The maximum atomic E-state index is 3.66. The molecule has 0 bridgehead atoms. The zero-order chi connectivity index (χ0) is 11.5. The molecule has 0 saturated carbocycles. The molecule has 1 heterocycles. The molecule has 0 aromatic heterocycles. The van der Waals surface area contributed by atoms with Gasteiger partial charge in [-0.05, 0) is 47.0 Å². The largest absolute Gasteiger partial charge is 0.365 e. The van der Waals surface area contributed by atoms with Gasteiger partial charge in [-0.1, -0.05) is 13.0 Å². The predicted molar refractivity (Wildman–Crippen MR) is 73.2 cm³/mol. The maximum absolute atomic E-state index is 3.66. The number of nitrogens with zero attached hydrogens (tertiary/aromatic N) is 1. The molecule has 16 heavy (non-hydrogen) atoms. The molecule has 2 nitrogen and oxygen atoms in total. The first-order valence-corrected chi connectivity index (χ1v) is 6.75. The number of aryl methyl sites for hydroxylation is 1. The van der Waals surface area contributed by atoms with Crippen LogP contribution in [0.2, 0.25) is 0 Å². The van der Waals surface area contributed by atoms with Crippen molar-refractivity contribution in [2.24, 2.45) is 0 Å². The summed E-state index contributed by atoms with van der Waals surface area (Å²) >= 11 is 3.66. The van der Waals surface area contributed by atoms with Gasteiger partial charge in [0.15, 0.2) is 0 Å². The quantitative estimate of drug-likeness (QED) is 0.897. The number of anilines is 1. The number of piperazine rings is 1. The molecule has 1 aliphatic heterocycles. The van der Waals surface area contributed by atoms with Crippen LogP contribution in [0.25, 0.3) is 0 Å². The third-order valence-electron chi connectivity index (χ3n) is 3.23. The summed E-state index contributed by atoms with van der Waals surface area (Å²) in [7, 11) is 0. The Morgan fingerprint density at radius 2 is 2.31 bits per heavy atom. The normalized spacial score (nSPS) is 21.2. The molecule has 0 amide bonds. The molecule has 0 radical (unpaired) electrons. The fourth-order valence-electron chi connectivity index (χ4n) is 2.29. The van der Waals surface area contributed by atoms with Crippen molar-refractivity contribution < 1.29 is 0 Å². The monoisotopic (exact) mass is 282 g/mol. The first-order valence-electron chi connectivity index (χ1n) is 5.96. The van der Waals surface area contributed by atoms with Crippen LogP contribution in [-0.2, 0) is 0 Å². The zero-order valence-corrected chi connectivity index (χ0v) is 11.5. The minimum atomic E-state index is 0.617. The molecular weight excluding hydrogens is 264 g/mol. The number of benzene rings is 1. The highest BCUT2D eigenvalue weighted by Gasteiger charge is 2.22. The van der Waals surface area contributed by atoms with E-state index in [-0.39, 0.29) is 0 Å². The Labute approximate surface area is 106 Å². The molecule has 0 spiro atoms. The van der Waals surface area contributed by atoms with Gasteiger partial charge in [0.2, 0.25) is 0 Å². The average molecular weight is 283 g/mol. The fraction of sp³-hybridized carbons (Fsp3) is 0.538. The molecule has 3 heteroatoms. The molecule has 1 saturated heterocycles. The second-order valence-electron chi connectivity index (χ2n) is 4.41. The molecule has 1 fully saturated rings. The van der Waals surface area contributed by atoms with Gasteiger partial charge >= 0.3 is 0 Å². The van der Waals surface area contributed by atoms with Gasteiger partial charge in [0, 0.05) is 30.1 Å². The third-order valence-corrected chi connectivity index (χ3v) is 3.90. The van der Waals surface area contributed by atoms with Crippen molar-refractivity contribution in [1.82, 2.24) is 5.32 Å². The Hall–Kier alpha value is -0.540. The Morgan fingerprint density at radius 3 is 3.06 bits per heavy atom. The molecule has 1 aliphatic rings. The SMILES string of the molecule is CCC1CNCCN1c1cc(C)ccc1Br. The second kappa shape index (κ2) is 5.19. The lowest BCUT2D eigenvalue weighted by Gasteiger charge is -2.38. The lowest BCUT2D eigenvalue weighted by atomic mass is 10.1. The van der Waals surface area contributed by atoms with E-state index in [0.29, 0.717) is 6.04 Å². The van der Waals surface area contributed by atoms with Crippen LogP contribution in [0.1, 0.15) is 18.9 Å². The molecule has 1 atom stereocenters. The van der Waals surface area contributed by atoms with Crippen LogP contribution in [0.5, 0.6) is 0 Å². The minimum absolute atomic E-state index is 0.617. The van der Waals surface area contributed by atoms with Crippen molar-refractivity contribution in [3.63, 3.8) is 0 Å². The first kappa shape index (κ1) is 11.9. The van der Waals surface area contributed by atoms with E-state index >= 15 is 0 Å². The van der Waals surface area contributed by atoms with Gasteiger partial charge in [-0.3, -0.25) is 0 Å². The van der Waals surface area contributed by atoms with E-state index in [4.69, 9.17) is 0 Å². The molecule has 2 rings (SSSR count). The number of hydrogen-bond donors (Lipinski definition) is 1. The molecule has 0 aliphatic carbocycles. The summed E-state index contributed by atoms with van der Waals surface area (Å²) in [6, 6.07) is 7.20. The minimum Gasteiger partial charge on any atom is -0.365 e. The molecule has 1 N–H and O–H groups in total. The van der Waals surface area contributed by atoms with Gasteiger partial charge in [0.25, 0.3) is 0 Å². The van der Waals surface area contributed by atoms with Gasteiger partial charge in [0.05, 0.1) is 5.69 Å². The number of hydrogen-bond acceptors (Lipinski definition) is 2. The van der Waals surface area contributed by atoms with Crippen molar-refractivity contribution in [3.05, 3.63) is 28.2 Å². The van der Waals surface area contributed by atoms with E-state index in [0.717, 1.165) is 19.6 Å². The van der Waals surface area contributed by atoms with Crippen LogP contribution in [0.15, 0.2) is 22.7 Å². The second-order valence-corrected chi connectivity index (χ2v) is 5.27. The molecule has 1 aromatic carbocycles. The number of halogens is 1. The van der Waals surface area contributed by atoms with Gasteiger partial charge in [-0.2, -0.15) is 0 Å². The first-order chi connectivity index (χ1) is 7.72.